The van der Waals surface area contributed by atoms with E-state index >= 15 is 0 Å². The van der Waals surface area contributed by atoms with Crippen molar-refractivity contribution in [3.8, 4) is 0 Å². The van der Waals surface area contributed by atoms with E-state index in [9.17, 15) is 8.78 Å². The third-order valence-electron chi connectivity index (χ3n) is 3.16. The first kappa shape index (κ1) is 15.1. The fourth-order valence-electron chi connectivity index (χ4n) is 2.09. The summed E-state index contributed by atoms with van der Waals surface area (Å²) in [6.45, 7) is 1.82. The maximum atomic E-state index is 14.0. The second kappa shape index (κ2) is 6.43. The Morgan fingerprint density at radius 2 is 1.95 bits per heavy atom. The van der Waals surface area contributed by atoms with E-state index in [1.54, 1.807) is 12.1 Å². The summed E-state index contributed by atoms with van der Waals surface area (Å²) in [5, 5.41) is 0. The van der Waals surface area contributed by atoms with Crippen LogP contribution in [0.25, 0.3) is 0 Å². The van der Waals surface area contributed by atoms with Gasteiger partial charge in [-0.3, -0.25) is 11.3 Å². The Kier molecular flexibility index (Phi) is 4.86. The van der Waals surface area contributed by atoms with Gasteiger partial charge in [-0.05, 0) is 48.7 Å². The average Bonchev–Trinajstić information content (AvgIpc) is 2.40. The first-order valence-electron chi connectivity index (χ1n) is 6.17. The number of nitrogens with one attached hydrogen (secondary N) is 1. The van der Waals surface area contributed by atoms with Crippen molar-refractivity contribution in [1.82, 2.24) is 5.43 Å². The van der Waals surface area contributed by atoms with E-state index in [-0.39, 0.29) is 11.6 Å². The summed E-state index contributed by atoms with van der Waals surface area (Å²) < 4.78 is 28.0. The number of hydrogen-bond donors (Lipinski definition) is 2. The fourth-order valence-corrected chi connectivity index (χ4v) is 2.50. The van der Waals surface area contributed by atoms with Crippen molar-refractivity contribution < 1.29 is 8.78 Å². The maximum Gasteiger partial charge on any atom is 0.128 e. The normalized spacial score (nSPS) is 12.4. The number of hydrogen-bond acceptors (Lipinski definition) is 2. The lowest BCUT2D eigenvalue weighted by Crippen LogP contribution is -2.30. The zero-order valence-electron chi connectivity index (χ0n) is 11.0. The molecule has 0 radical (unpaired) electrons. The highest BCUT2D eigenvalue weighted by Crippen LogP contribution is 2.26. The predicted octanol–water partition coefficient (Wildman–Crippen LogP) is 3.78. The number of benzene rings is 2. The third-order valence-corrected chi connectivity index (χ3v) is 3.94. The molecule has 0 saturated carbocycles. The van der Waals surface area contributed by atoms with Crippen molar-refractivity contribution in [1.29, 1.82) is 0 Å². The van der Waals surface area contributed by atoms with Gasteiger partial charge in [0.1, 0.15) is 11.6 Å². The molecule has 0 heterocycles. The van der Waals surface area contributed by atoms with Gasteiger partial charge in [0, 0.05) is 10.0 Å². The van der Waals surface area contributed by atoms with Crippen molar-refractivity contribution in [2.24, 2.45) is 5.84 Å². The molecule has 106 valence electrons. The van der Waals surface area contributed by atoms with Gasteiger partial charge < -0.3 is 0 Å². The summed E-state index contributed by atoms with van der Waals surface area (Å²) in [7, 11) is 0. The van der Waals surface area contributed by atoms with Crippen molar-refractivity contribution in [2.45, 2.75) is 19.4 Å². The van der Waals surface area contributed by atoms with Crippen LogP contribution in [0.15, 0.2) is 40.9 Å². The van der Waals surface area contributed by atoms with E-state index in [4.69, 9.17) is 5.84 Å². The molecular weight excluding hydrogens is 326 g/mol. The van der Waals surface area contributed by atoms with Crippen molar-refractivity contribution in [2.75, 3.05) is 0 Å². The van der Waals surface area contributed by atoms with Crippen LogP contribution in [-0.4, -0.2) is 0 Å². The molecule has 0 spiro atoms. The van der Waals surface area contributed by atoms with E-state index < -0.39 is 6.04 Å². The van der Waals surface area contributed by atoms with E-state index in [0.29, 0.717) is 12.0 Å². The third kappa shape index (κ3) is 3.42. The largest absolute Gasteiger partial charge is 0.271 e. The monoisotopic (exact) mass is 340 g/mol. The van der Waals surface area contributed by atoms with Crippen LogP contribution in [0.2, 0.25) is 0 Å². The van der Waals surface area contributed by atoms with Gasteiger partial charge in [-0.2, -0.15) is 0 Å². The Bertz CT molecular complexity index is 617. The van der Waals surface area contributed by atoms with E-state index in [1.807, 2.05) is 13.0 Å². The van der Waals surface area contributed by atoms with Crippen LogP contribution in [-0.2, 0) is 6.42 Å². The van der Waals surface area contributed by atoms with E-state index in [2.05, 4.69) is 21.4 Å². The molecular formula is C15H15BrF2N2. The van der Waals surface area contributed by atoms with Crippen LogP contribution in [0.1, 0.15) is 22.7 Å². The summed E-state index contributed by atoms with van der Waals surface area (Å²) in [6.07, 6.45) is 0.384. The molecule has 0 aromatic heterocycles. The fraction of sp³-hybridized carbons (Fsp3) is 0.200. The molecule has 2 aromatic rings. The van der Waals surface area contributed by atoms with E-state index in [0.717, 1.165) is 15.6 Å². The molecule has 0 aliphatic heterocycles. The van der Waals surface area contributed by atoms with Crippen molar-refractivity contribution in [3.05, 3.63) is 69.2 Å². The average molecular weight is 341 g/mol. The molecule has 0 bridgehead atoms. The van der Waals surface area contributed by atoms with Gasteiger partial charge in [0.2, 0.25) is 0 Å². The molecule has 2 nitrogen and oxygen atoms in total. The highest BCUT2D eigenvalue weighted by Gasteiger charge is 2.16. The zero-order valence-corrected chi connectivity index (χ0v) is 12.5. The van der Waals surface area contributed by atoms with Crippen LogP contribution in [0.4, 0.5) is 8.78 Å². The molecule has 5 heteroatoms. The molecule has 1 unspecified atom stereocenters. The molecule has 3 N–H and O–H groups in total. The SMILES string of the molecule is Cc1ccc(C(Cc2cc(F)ccc2Br)NN)c(F)c1. The van der Waals surface area contributed by atoms with Gasteiger partial charge in [-0.15, -0.1) is 0 Å². The molecule has 2 rings (SSSR count). The summed E-state index contributed by atoms with van der Waals surface area (Å²) in [5.41, 5.74) is 4.63. The van der Waals surface area contributed by atoms with Gasteiger partial charge in [-0.25, -0.2) is 8.78 Å². The molecule has 0 saturated heterocycles. The molecule has 0 aliphatic carbocycles. The van der Waals surface area contributed by atoms with Gasteiger partial charge in [-0.1, -0.05) is 28.1 Å². The maximum absolute atomic E-state index is 14.0. The lowest BCUT2D eigenvalue weighted by molar-refractivity contribution is 0.508. The highest BCUT2D eigenvalue weighted by molar-refractivity contribution is 9.10. The standard InChI is InChI=1S/C15H15BrF2N2/c1-9-2-4-12(14(18)6-9)15(20-19)8-10-7-11(17)3-5-13(10)16/h2-7,15,20H,8,19H2,1H3. The number of rotatable bonds is 4. The zero-order chi connectivity index (χ0) is 14.7. The minimum absolute atomic E-state index is 0.319. The van der Waals surface area contributed by atoms with Crippen LogP contribution >= 0.6 is 15.9 Å². The number of halogens is 3. The predicted molar refractivity (Wildman–Crippen MR) is 79.0 cm³/mol. The Morgan fingerprint density at radius 3 is 2.60 bits per heavy atom. The lowest BCUT2D eigenvalue weighted by atomic mass is 9.98. The van der Waals surface area contributed by atoms with Gasteiger partial charge in [0.25, 0.3) is 0 Å². The van der Waals surface area contributed by atoms with Crippen LogP contribution < -0.4 is 11.3 Å². The summed E-state index contributed by atoms with van der Waals surface area (Å²) in [6, 6.07) is 8.97. The molecule has 2 aromatic carbocycles. The number of hydrazine groups is 1. The second-order valence-corrected chi connectivity index (χ2v) is 5.54. The molecule has 0 amide bonds. The highest BCUT2D eigenvalue weighted by atomic mass is 79.9. The quantitative estimate of drug-likeness (QED) is 0.656. The van der Waals surface area contributed by atoms with Gasteiger partial charge in [0.15, 0.2) is 0 Å². The Balaban J connectivity index is 2.31. The molecule has 0 fully saturated rings. The topological polar surface area (TPSA) is 38.0 Å². The summed E-state index contributed by atoms with van der Waals surface area (Å²) >= 11 is 3.36. The van der Waals surface area contributed by atoms with Crippen molar-refractivity contribution >= 4 is 15.9 Å². The number of aryl methyl sites for hydroxylation is 1. The van der Waals surface area contributed by atoms with Gasteiger partial charge in [0.05, 0.1) is 6.04 Å². The van der Waals surface area contributed by atoms with Crippen LogP contribution in [0.5, 0.6) is 0 Å². The Labute approximate surface area is 125 Å². The summed E-state index contributed by atoms with van der Waals surface area (Å²) in [4.78, 5) is 0. The Hall–Kier alpha value is -1.30. The molecule has 20 heavy (non-hydrogen) atoms. The summed E-state index contributed by atoms with van der Waals surface area (Å²) in [5.74, 6) is 4.87. The van der Waals surface area contributed by atoms with Crippen molar-refractivity contribution in [3.63, 3.8) is 0 Å². The first-order chi connectivity index (χ1) is 9.51. The molecule has 0 aliphatic rings. The minimum Gasteiger partial charge on any atom is -0.271 e. The first-order valence-corrected chi connectivity index (χ1v) is 6.96. The lowest BCUT2D eigenvalue weighted by Gasteiger charge is -2.18. The minimum atomic E-state index is -0.423. The van der Waals surface area contributed by atoms with Crippen LogP contribution in [0, 0.1) is 18.6 Å². The number of nitrogens with two attached hydrogens (primary N) is 1. The van der Waals surface area contributed by atoms with Gasteiger partial charge >= 0.3 is 0 Å². The Morgan fingerprint density at radius 1 is 1.20 bits per heavy atom. The smallest absolute Gasteiger partial charge is 0.128 e. The molecule has 1 atom stereocenters. The second-order valence-electron chi connectivity index (χ2n) is 4.68. The van der Waals surface area contributed by atoms with E-state index in [1.165, 1.54) is 18.2 Å². The van der Waals surface area contributed by atoms with Crippen LogP contribution in [0.3, 0.4) is 0 Å².